The van der Waals surface area contributed by atoms with E-state index in [-0.39, 0.29) is 24.0 Å². The van der Waals surface area contributed by atoms with Crippen molar-refractivity contribution in [3.05, 3.63) is 98.4 Å². The molecule has 158 valence electrons. The molecule has 1 atom stereocenters. The summed E-state index contributed by atoms with van der Waals surface area (Å²) < 4.78 is 1.00. The molecule has 0 radical (unpaired) electrons. The van der Waals surface area contributed by atoms with Crippen molar-refractivity contribution >= 4 is 49.9 Å². The predicted octanol–water partition coefficient (Wildman–Crippen LogP) is 4.93. The molecule has 0 fully saturated rings. The van der Waals surface area contributed by atoms with E-state index >= 15 is 0 Å². The van der Waals surface area contributed by atoms with Crippen molar-refractivity contribution in [3.63, 3.8) is 0 Å². The number of hydrogen-bond acceptors (Lipinski definition) is 4. The summed E-state index contributed by atoms with van der Waals surface area (Å²) in [6.45, 7) is 0. The Balaban J connectivity index is 1.68. The van der Waals surface area contributed by atoms with Crippen LogP contribution in [0.15, 0.2) is 86.8 Å². The number of hydrazone groups is 1. The maximum Gasteiger partial charge on any atom is 0.251 e. The van der Waals surface area contributed by atoms with Gasteiger partial charge in [-0.2, -0.15) is 5.10 Å². The van der Waals surface area contributed by atoms with Crippen LogP contribution >= 0.6 is 31.9 Å². The van der Waals surface area contributed by atoms with Gasteiger partial charge in [0.25, 0.3) is 5.91 Å². The third-order valence-electron chi connectivity index (χ3n) is 4.37. The van der Waals surface area contributed by atoms with E-state index in [2.05, 4.69) is 47.7 Å². The van der Waals surface area contributed by atoms with E-state index in [1.807, 2.05) is 36.4 Å². The summed E-state index contributed by atoms with van der Waals surface area (Å²) >= 11 is 6.50. The smallest absolute Gasteiger partial charge is 0.251 e. The minimum Gasteiger partial charge on any atom is -0.506 e. The number of phenolic OH excluding ortho intramolecular Hbond substituents is 1. The topological polar surface area (TPSA) is 90.8 Å². The zero-order chi connectivity index (χ0) is 22.2. The highest BCUT2D eigenvalue weighted by atomic mass is 79.9. The van der Waals surface area contributed by atoms with E-state index in [1.54, 1.807) is 36.4 Å². The van der Waals surface area contributed by atoms with Gasteiger partial charge in [-0.15, -0.1) is 0 Å². The fourth-order valence-electron chi connectivity index (χ4n) is 2.84. The molecule has 0 aromatic heterocycles. The van der Waals surface area contributed by atoms with Crippen LogP contribution in [-0.2, 0) is 4.79 Å². The molecule has 0 unspecified atom stereocenters. The van der Waals surface area contributed by atoms with Gasteiger partial charge in [-0.25, -0.2) is 5.43 Å². The summed E-state index contributed by atoms with van der Waals surface area (Å²) in [5.74, 6) is -0.527. The van der Waals surface area contributed by atoms with Gasteiger partial charge in [0.2, 0.25) is 5.91 Å². The first-order valence-corrected chi connectivity index (χ1v) is 10.9. The molecule has 0 spiro atoms. The van der Waals surface area contributed by atoms with Gasteiger partial charge in [0.05, 0.1) is 27.6 Å². The Labute approximate surface area is 196 Å². The van der Waals surface area contributed by atoms with E-state index in [4.69, 9.17) is 0 Å². The van der Waals surface area contributed by atoms with Crippen LogP contribution in [0.25, 0.3) is 0 Å². The molecular weight excluding hydrogens is 526 g/mol. The minimum absolute atomic E-state index is 0.0168. The lowest BCUT2D eigenvalue weighted by molar-refractivity contribution is -0.121. The van der Waals surface area contributed by atoms with Gasteiger partial charge in [-0.3, -0.25) is 9.59 Å². The number of halogens is 2. The normalized spacial score (nSPS) is 11.8. The number of amides is 2. The monoisotopic (exact) mass is 543 g/mol. The Morgan fingerprint density at radius 1 is 0.968 bits per heavy atom. The summed E-state index contributed by atoms with van der Waals surface area (Å²) in [6.07, 6.45) is 1.48. The molecule has 3 aromatic rings. The molecule has 3 aromatic carbocycles. The maximum absolute atomic E-state index is 12.6. The Bertz CT molecular complexity index is 1070. The number of benzene rings is 3. The van der Waals surface area contributed by atoms with Gasteiger partial charge in [0.15, 0.2) is 0 Å². The fourth-order valence-corrected chi connectivity index (χ4v) is 4.06. The zero-order valence-corrected chi connectivity index (χ0v) is 19.4. The highest BCUT2D eigenvalue weighted by Gasteiger charge is 2.19. The van der Waals surface area contributed by atoms with Gasteiger partial charge in [-0.05, 0) is 67.3 Å². The summed E-state index contributed by atoms with van der Waals surface area (Å²) in [4.78, 5) is 25.1. The standard InChI is InChI=1S/C23H19Br2N3O3/c24-18-11-15(12-19(25)22(18)30)14-26-28-21(29)13-20(16-7-3-1-4-8-16)27-23(31)17-9-5-2-6-10-17/h1-12,14,20,30H,13H2,(H,27,31)(H,28,29)/b26-14-/t20-/m0/s1. The quantitative estimate of drug-likeness (QED) is 0.291. The first kappa shape index (κ1) is 22.7. The molecule has 0 bridgehead atoms. The number of rotatable bonds is 7. The molecule has 3 N–H and O–H groups in total. The third kappa shape index (κ3) is 6.50. The highest BCUT2D eigenvalue weighted by Crippen LogP contribution is 2.32. The molecule has 0 heterocycles. The average molecular weight is 545 g/mol. The SMILES string of the molecule is O=C(C[C@H](NC(=O)c1ccccc1)c1ccccc1)N/N=C\c1cc(Br)c(O)c(Br)c1. The van der Waals surface area contributed by atoms with Crippen molar-refractivity contribution in [2.24, 2.45) is 5.10 Å². The van der Waals surface area contributed by atoms with Crippen LogP contribution in [0, 0.1) is 0 Å². The van der Waals surface area contributed by atoms with Crippen molar-refractivity contribution in [2.75, 3.05) is 0 Å². The van der Waals surface area contributed by atoms with Gasteiger partial charge in [0.1, 0.15) is 5.75 Å². The van der Waals surface area contributed by atoms with Crippen molar-refractivity contribution in [1.29, 1.82) is 0 Å². The van der Waals surface area contributed by atoms with Crippen molar-refractivity contribution in [3.8, 4) is 5.75 Å². The first-order valence-electron chi connectivity index (χ1n) is 9.35. The molecule has 6 nitrogen and oxygen atoms in total. The Morgan fingerprint density at radius 2 is 1.55 bits per heavy atom. The van der Waals surface area contributed by atoms with Crippen LogP contribution < -0.4 is 10.7 Å². The third-order valence-corrected chi connectivity index (χ3v) is 5.58. The molecule has 3 rings (SSSR count). The minimum atomic E-state index is -0.513. The first-order chi connectivity index (χ1) is 14.9. The second-order valence-corrected chi connectivity index (χ2v) is 8.34. The van der Waals surface area contributed by atoms with Gasteiger partial charge < -0.3 is 10.4 Å². The number of carbonyl (C=O) groups excluding carboxylic acids is 2. The zero-order valence-electron chi connectivity index (χ0n) is 16.3. The van der Waals surface area contributed by atoms with Crippen LogP contribution in [0.2, 0.25) is 0 Å². The summed E-state index contributed by atoms with van der Waals surface area (Å²) in [7, 11) is 0. The average Bonchev–Trinajstić information content (AvgIpc) is 2.78. The second-order valence-electron chi connectivity index (χ2n) is 6.63. The Hall–Kier alpha value is -2.97. The molecular formula is C23H19Br2N3O3. The molecule has 0 aliphatic heterocycles. The van der Waals surface area contributed by atoms with Crippen molar-refractivity contribution in [1.82, 2.24) is 10.7 Å². The van der Waals surface area contributed by atoms with Gasteiger partial charge >= 0.3 is 0 Å². The fraction of sp³-hybridized carbons (Fsp3) is 0.0870. The lowest BCUT2D eigenvalue weighted by Gasteiger charge is -2.18. The van der Waals surface area contributed by atoms with Crippen LogP contribution in [0.3, 0.4) is 0 Å². The molecule has 0 saturated heterocycles. The lowest BCUT2D eigenvalue weighted by Crippen LogP contribution is -2.32. The predicted molar refractivity (Wildman–Crippen MR) is 127 cm³/mol. The number of nitrogens with one attached hydrogen (secondary N) is 2. The summed E-state index contributed by atoms with van der Waals surface area (Å²) in [5, 5.41) is 16.7. The number of hydrogen-bond donors (Lipinski definition) is 3. The van der Waals surface area contributed by atoms with Gasteiger partial charge in [0, 0.05) is 5.56 Å². The molecule has 0 aliphatic rings. The van der Waals surface area contributed by atoms with Crippen molar-refractivity contribution < 1.29 is 14.7 Å². The Kier molecular flexibility index (Phi) is 7.97. The largest absolute Gasteiger partial charge is 0.506 e. The van der Waals surface area contributed by atoms with E-state index < -0.39 is 6.04 Å². The molecule has 8 heteroatoms. The number of carbonyl (C=O) groups is 2. The second kappa shape index (κ2) is 10.9. The van der Waals surface area contributed by atoms with E-state index in [9.17, 15) is 14.7 Å². The maximum atomic E-state index is 12.6. The number of phenols is 1. The number of aromatic hydroxyl groups is 1. The van der Waals surface area contributed by atoms with Gasteiger partial charge in [-0.1, -0.05) is 48.5 Å². The molecule has 0 saturated carbocycles. The van der Waals surface area contributed by atoms with Crippen LogP contribution in [0.5, 0.6) is 5.75 Å². The highest BCUT2D eigenvalue weighted by molar-refractivity contribution is 9.11. The van der Waals surface area contributed by atoms with Crippen molar-refractivity contribution in [2.45, 2.75) is 12.5 Å². The molecule has 2 amide bonds. The van der Waals surface area contributed by atoms with Crippen LogP contribution in [0.1, 0.15) is 33.9 Å². The summed E-state index contributed by atoms with van der Waals surface area (Å²) in [6, 6.07) is 21.0. The molecule has 31 heavy (non-hydrogen) atoms. The Morgan fingerprint density at radius 3 is 2.16 bits per heavy atom. The lowest BCUT2D eigenvalue weighted by atomic mass is 10.0. The van der Waals surface area contributed by atoms with Crippen LogP contribution in [0.4, 0.5) is 0 Å². The van der Waals surface area contributed by atoms with E-state index in [0.717, 1.165) is 5.56 Å². The van der Waals surface area contributed by atoms with Crippen LogP contribution in [-0.4, -0.2) is 23.1 Å². The molecule has 0 aliphatic carbocycles. The summed E-state index contributed by atoms with van der Waals surface area (Å²) in [5.41, 5.74) is 4.49. The number of nitrogens with zero attached hydrogens (tertiary/aromatic N) is 1. The van der Waals surface area contributed by atoms with E-state index in [1.165, 1.54) is 6.21 Å². The van der Waals surface area contributed by atoms with E-state index in [0.29, 0.717) is 20.1 Å².